The van der Waals surface area contributed by atoms with Crippen molar-refractivity contribution in [1.82, 2.24) is 24.9 Å². The predicted octanol–water partition coefficient (Wildman–Crippen LogP) is 4.77. The van der Waals surface area contributed by atoms with E-state index in [1.165, 1.54) is 12.8 Å². The maximum absolute atomic E-state index is 10.9. The fourth-order valence-electron chi connectivity index (χ4n) is 5.82. The van der Waals surface area contributed by atoms with Gasteiger partial charge in [-0.1, -0.05) is 6.07 Å². The molecule has 1 aliphatic carbocycles. The average Bonchev–Trinajstić information content (AvgIpc) is 3.28. The molecular formula is C29H33N5O3. The van der Waals surface area contributed by atoms with E-state index in [0.29, 0.717) is 35.1 Å². The van der Waals surface area contributed by atoms with E-state index in [1.807, 2.05) is 44.6 Å². The highest BCUT2D eigenvalue weighted by Crippen LogP contribution is 2.37. The molecule has 3 heterocycles. The van der Waals surface area contributed by atoms with Crippen molar-refractivity contribution in [1.29, 1.82) is 0 Å². The number of hydrogen-bond donors (Lipinski definition) is 1. The second-order valence-electron chi connectivity index (χ2n) is 10.3. The number of ether oxygens (including phenoxy) is 2. The molecule has 0 radical (unpaired) electrons. The molecule has 1 saturated carbocycles. The van der Waals surface area contributed by atoms with Crippen molar-refractivity contribution in [2.45, 2.75) is 43.7 Å². The normalized spacial score (nSPS) is 20.7. The van der Waals surface area contributed by atoms with Gasteiger partial charge in [-0.15, -0.1) is 0 Å². The van der Waals surface area contributed by atoms with Gasteiger partial charge in [0.2, 0.25) is 0 Å². The number of phenolic OH excluding ortho intramolecular Hbond substituents is 1. The van der Waals surface area contributed by atoms with Crippen LogP contribution in [0.3, 0.4) is 0 Å². The van der Waals surface area contributed by atoms with E-state index in [1.54, 1.807) is 17.9 Å². The summed E-state index contributed by atoms with van der Waals surface area (Å²) in [5, 5.41) is 25.3. The van der Waals surface area contributed by atoms with Gasteiger partial charge in [0.1, 0.15) is 17.0 Å². The van der Waals surface area contributed by atoms with E-state index in [4.69, 9.17) is 9.47 Å². The van der Waals surface area contributed by atoms with E-state index in [9.17, 15) is 5.11 Å². The number of phenols is 1. The number of likely N-dealkylation sites (tertiary alicyclic amines) is 1. The molecule has 1 N–H and O–H groups in total. The molecular weight excluding hydrogens is 466 g/mol. The molecule has 2 aliphatic rings. The summed E-state index contributed by atoms with van der Waals surface area (Å²) in [4.78, 5) is 2.58. The zero-order valence-electron chi connectivity index (χ0n) is 21.6. The van der Waals surface area contributed by atoms with Crippen LogP contribution < -0.4 is 4.74 Å². The Morgan fingerprint density at radius 3 is 2.41 bits per heavy atom. The summed E-state index contributed by atoms with van der Waals surface area (Å²) in [6, 6.07) is 14.4. The minimum absolute atomic E-state index is 0.172. The summed E-state index contributed by atoms with van der Waals surface area (Å²) < 4.78 is 12.8. The highest BCUT2D eigenvalue weighted by Gasteiger charge is 2.36. The third-order valence-electron chi connectivity index (χ3n) is 8.02. The number of benzene rings is 2. The van der Waals surface area contributed by atoms with Crippen LogP contribution in [0.2, 0.25) is 0 Å². The minimum atomic E-state index is 0.172. The zero-order chi connectivity index (χ0) is 25.5. The lowest BCUT2D eigenvalue weighted by Gasteiger charge is -2.46. The molecule has 6 rings (SSSR count). The molecule has 8 heteroatoms. The van der Waals surface area contributed by atoms with Crippen LogP contribution in [-0.2, 0) is 11.8 Å². The molecule has 0 bridgehead atoms. The minimum Gasteiger partial charge on any atom is -0.507 e. The average molecular weight is 500 g/mol. The Bertz CT molecular complexity index is 1400. The number of hydrogen-bond acceptors (Lipinski definition) is 7. The van der Waals surface area contributed by atoms with Gasteiger partial charge in [0.25, 0.3) is 0 Å². The zero-order valence-corrected chi connectivity index (χ0v) is 21.6. The topological polar surface area (TPSA) is 85.5 Å². The first-order chi connectivity index (χ1) is 18.0. The Labute approximate surface area is 216 Å². The van der Waals surface area contributed by atoms with Crippen molar-refractivity contribution >= 4 is 10.9 Å². The lowest BCUT2D eigenvalue weighted by atomic mass is 9.86. The Kier molecular flexibility index (Phi) is 6.30. The second kappa shape index (κ2) is 9.76. The molecule has 2 fully saturated rings. The van der Waals surface area contributed by atoms with E-state index < -0.39 is 0 Å². The molecule has 2 aromatic carbocycles. The predicted molar refractivity (Wildman–Crippen MR) is 143 cm³/mol. The SMILES string of the molecule is COc1cc(-c2ccc(-c3ccc(C4CN(C5CCC(OC)CC5)C4)nn3)c(O)c2)cc2cn(C)nc12. The van der Waals surface area contributed by atoms with Crippen LogP contribution in [0.1, 0.15) is 37.3 Å². The summed E-state index contributed by atoms with van der Waals surface area (Å²) in [5.74, 6) is 1.30. The fourth-order valence-corrected chi connectivity index (χ4v) is 5.82. The molecule has 2 aromatic heterocycles. The number of fused-ring (bicyclic) bond motifs is 1. The molecule has 0 atom stereocenters. The molecule has 1 saturated heterocycles. The number of aromatic nitrogens is 4. The number of methoxy groups -OCH3 is 2. The number of nitrogens with zero attached hydrogens (tertiary/aromatic N) is 5. The van der Waals surface area contributed by atoms with Gasteiger partial charge in [-0.05, 0) is 73.2 Å². The first kappa shape index (κ1) is 23.9. The van der Waals surface area contributed by atoms with Gasteiger partial charge in [0.15, 0.2) is 0 Å². The van der Waals surface area contributed by atoms with Gasteiger partial charge in [-0.25, -0.2) is 0 Å². The van der Waals surface area contributed by atoms with Crippen LogP contribution in [0.25, 0.3) is 33.3 Å². The van der Waals surface area contributed by atoms with E-state index in [2.05, 4.69) is 32.3 Å². The van der Waals surface area contributed by atoms with E-state index >= 15 is 0 Å². The molecule has 37 heavy (non-hydrogen) atoms. The van der Waals surface area contributed by atoms with Gasteiger partial charge in [-0.2, -0.15) is 15.3 Å². The smallest absolute Gasteiger partial charge is 0.147 e. The van der Waals surface area contributed by atoms with Crippen LogP contribution >= 0.6 is 0 Å². The van der Waals surface area contributed by atoms with Crippen molar-refractivity contribution in [2.75, 3.05) is 27.3 Å². The summed E-state index contributed by atoms with van der Waals surface area (Å²) in [6.45, 7) is 2.09. The molecule has 4 aromatic rings. The molecule has 0 amide bonds. The van der Waals surface area contributed by atoms with Crippen molar-refractivity contribution < 1.29 is 14.6 Å². The maximum atomic E-state index is 10.9. The summed E-state index contributed by atoms with van der Waals surface area (Å²) >= 11 is 0. The molecule has 1 aliphatic heterocycles. The quantitative estimate of drug-likeness (QED) is 0.409. The Balaban J connectivity index is 1.15. The lowest BCUT2D eigenvalue weighted by Crippen LogP contribution is -2.52. The van der Waals surface area contributed by atoms with E-state index in [-0.39, 0.29) is 5.75 Å². The van der Waals surface area contributed by atoms with Crippen LogP contribution in [0.15, 0.2) is 48.7 Å². The maximum Gasteiger partial charge on any atom is 0.147 e. The highest BCUT2D eigenvalue weighted by molar-refractivity contribution is 5.90. The van der Waals surface area contributed by atoms with Crippen LogP contribution in [0, 0.1) is 0 Å². The standard InChI is InChI=1S/C29H33N5O3/c1-33-15-20-12-19(14-28(37-3)29(20)32-33)18-4-9-24(27(35)13-18)26-11-10-25(30-31-26)21-16-34(17-21)22-5-7-23(36-2)8-6-22/h4,9-15,21-23,35H,5-8,16-17H2,1-3H3. The van der Waals surface area contributed by atoms with Gasteiger partial charge in [0.05, 0.1) is 24.6 Å². The Morgan fingerprint density at radius 2 is 1.73 bits per heavy atom. The number of aryl methyl sites for hydroxylation is 1. The molecule has 0 spiro atoms. The van der Waals surface area contributed by atoms with E-state index in [0.717, 1.165) is 53.7 Å². The number of rotatable bonds is 6. The first-order valence-electron chi connectivity index (χ1n) is 13.0. The molecule has 8 nitrogen and oxygen atoms in total. The van der Waals surface area contributed by atoms with Crippen LogP contribution in [-0.4, -0.2) is 69.4 Å². The van der Waals surface area contributed by atoms with Crippen molar-refractivity contribution in [3.8, 4) is 33.9 Å². The summed E-state index contributed by atoms with van der Waals surface area (Å²) in [7, 11) is 5.35. The third kappa shape index (κ3) is 4.55. The third-order valence-corrected chi connectivity index (χ3v) is 8.02. The monoisotopic (exact) mass is 499 g/mol. The Morgan fingerprint density at radius 1 is 0.919 bits per heavy atom. The van der Waals surface area contributed by atoms with Crippen LogP contribution in [0.4, 0.5) is 0 Å². The molecule has 192 valence electrons. The van der Waals surface area contributed by atoms with Gasteiger partial charge >= 0.3 is 0 Å². The first-order valence-corrected chi connectivity index (χ1v) is 13.0. The lowest BCUT2D eigenvalue weighted by molar-refractivity contribution is 0.0124. The second-order valence-corrected chi connectivity index (χ2v) is 10.3. The largest absolute Gasteiger partial charge is 0.507 e. The van der Waals surface area contributed by atoms with Gasteiger partial charge < -0.3 is 14.6 Å². The van der Waals surface area contributed by atoms with Crippen molar-refractivity contribution in [2.24, 2.45) is 7.05 Å². The van der Waals surface area contributed by atoms with Gasteiger partial charge in [-0.3, -0.25) is 9.58 Å². The van der Waals surface area contributed by atoms with Crippen LogP contribution in [0.5, 0.6) is 11.5 Å². The highest BCUT2D eigenvalue weighted by atomic mass is 16.5. The van der Waals surface area contributed by atoms with Crippen molar-refractivity contribution in [3.63, 3.8) is 0 Å². The molecule has 0 unspecified atom stereocenters. The Hall–Kier alpha value is -3.49. The number of aromatic hydroxyl groups is 1. The van der Waals surface area contributed by atoms with Crippen molar-refractivity contribution in [3.05, 3.63) is 54.4 Å². The summed E-state index contributed by atoms with van der Waals surface area (Å²) in [6.07, 6.45) is 7.14. The summed E-state index contributed by atoms with van der Waals surface area (Å²) in [5.41, 5.74) is 5.02. The van der Waals surface area contributed by atoms with Gasteiger partial charge in [0, 0.05) is 56.4 Å². The fraction of sp³-hybridized carbons (Fsp3) is 0.414.